The van der Waals surface area contributed by atoms with Gasteiger partial charge in [0.1, 0.15) is 5.75 Å². The van der Waals surface area contributed by atoms with Crippen LogP contribution in [0.5, 0.6) is 5.75 Å². The Morgan fingerprint density at radius 3 is 2.83 bits per heavy atom. The Morgan fingerprint density at radius 2 is 2.08 bits per heavy atom. The molecule has 0 spiro atoms. The van der Waals surface area contributed by atoms with Crippen molar-refractivity contribution in [1.29, 1.82) is 0 Å². The zero-order valence-corrected chi connectivity index (χ0v) is 14.9. The van der Waals surface area contributed by atoms with Crippen LogP contribution >= 0.6 is 11.6 Å². The van der Waals surface area contributed by atoms with E-state index in [1.54, 1.807) is 12.3 Å². The van der Waals surface area contributed by atoms with Crippen LogP contribution < -0.4 is 15.6 Å². The third kappa shape index (κ3) is 4.11. The number of nitrogens with one attached hydrogen (secondary N) is 2. The van der Waals surface area contributed by atoms with E-state index < -0.39 is 0 Å². The van der Waals surface area contributed by atoms with Crippen LogP contribution in [-0.4, -0.2) is 23.7 Å². The summed E-state index contributed by atoms with van der Waals surface area (Å²) in [5.74, 6) is 0.678. The van der Waals surface area contributed by atoms with Gasteiger partial charge in [-0.25, -0.2) is 0 Å². The highest BCUT2D eigenvalue weighted by Crippen LogP contribution is 2.32. The van der Waals surface area contributed by atoms with E-state index in [9.17, 15) is 4.79 Å². The number of hydrogen-bond donors (Lipinski definition) is 2. The number of ether oxygens (including phenoxy) is 1. The molecule has 0 bridgehead atoms. The molecule has 1 aromatic carbocycles. The summed E-state index contributed by atoms with van der Waals surface area (Å²) >= 11 is 6.32. The zero-order chi connectivity index (χ0) is 16.9. The van der Waals surface area contributed by atoms with Gasteiger partial charge in [-0.05, 0) is 62.2 Å². The summed E-state index contributed by atoms with van der Waals surface area (Å²) in [6, 6.07) is 6.05. The molecule has 1 aromatic heterocycles. The minimum atomic E-state index is -0.125. The molecule has 3 rings (SSSR count). The van der Waals surface area contributed by atoms with Crippen LogP contribution in [0.1, 0.15) is 45.4 Å². The molecule has 1 saturated carbocycles. The summed E-state index contributed by atoms with van der Waals surface area (Å²) < 4.78 is 6.14. The van der Waals surface area contributed by atoms with Gasteiger partial charge >= 0.3 is 0 Å². The third-order valence-corrected chi connectivity index (χ3v) is 5.05. The first-order valence-electron chi connectivity index (χ1n) is 8.88. The first kappa shape index (κ1) is 17.3. The summed E-state index contributed by atoms with van der Waals surface area (Å²) in [5.41, 5.74) is -0.125. The van der Waals surface area contributed by atoms with E-state index >= 15 is 0 Å². The first-order valence-corrected chi connectivity index (χ1v) is 9.26. The van der Waals surface area contributed by atoms with E-state index in [-0.39, 0.29) is 11.7 Å². The second-order valence-electron chi connectivity index (χ2n) is 6.58. The Hall–Kier alpha value is -1.52. The van der Waals surface area contributed by atoms with Gasteiger partial charge in [-0.1, -0.05) is 24.9 Å². The molecule has 4 nitrogen and oxygen atoms in total. The van der Waals surface area contributed by atoms with Crippen LogP contribution in [0.25, 0.3) is 10.8 Å². The van der Waals surface area contributed by atoms with Gasteiger partial charge in [-0.2, -0.15) is 0 Å². The lowest BCUT2D eigenvalue weighted by Gasteiger charge is -2.30. The SMILES string of the molecule is CCCCNC1CCC(Oc2cc3cc[nH]c(=O)c3cc2Cl)CC1. The monoisotopic (exact) mass is 348 g/mol. The Kier molecular flexibility index (Phi) is 5.80. The average Bonchev–Trinajstić information content (AvgIpc) is 2.58. The fraction of sp³-hybridized carbons (Fsp3) is 0.526. The third-order valence-electron chi connectivity index (χ3n) is 4.76. The lowest BCUT2D eigenvalue weighted by Crippen LogP contribution is -2.36. The molecule has 0 radical (unpaired) electrons. The zero-order valence-electron chi connectivity index (χ0n) is 14.1. The van der Waals surface area contributed by atoms with Gasteiger partial charge in [0.25, 0.3) is 5.56 Å². The molecule has 1 aliphatic carbocycles. The normalized spacial score (nSPS) is 21.1. The van der Waals surface area contributed by atoms with E-state index in [1.165, 1.54) is 12.8 Å². The molecule has 0 saturated heterocycles. The van der Waals surface area contributed by atoms with Crippen LogP contribution in [0.3, 0.4) is 0 Å². The fourth-order valence-corrected chi connectivity index (χ4v) is 3.53. The number of aromatic nitrogens is 1. The molecule has 130 valence electrons. The van der Waals surface area contributed by atoms with Crippen molar-refractivity contribution in [2.24, 2.45) is 0 Å². The van der Waals surface area contributed by atoms with E-state index in [1.807, 2.05) is 12.1 Å². The quantitative estimate of drug-likeness (QED) is 0.767. The fourth-order valence-electron chi connectivity index (χ4n) is 3.33. The Balaban J connectivity index is 1.62. The summed E-state index contributed by atoms with van der Waals surface area (Å²) in [6.45, 7) is 3.32. The maximum Gasteiger partial charge on any atom is 0.255 e. The van der Waals surface area contributed by atoms with Gasteiger partial charge in [0.15, 0.2) is 0 Å². The molecule has 0 unspecified atom stereocenters. The largest absolute Gasteiger partial charge is 0.489 e. The summed E-state index contributed by atoms with van der Waals surface area (Å²) in [5, 5.41) is 5.58. The van der Waals surface area contributed by atoms with Crippen molar-refractivity contribution in [3.8, 4) is 5.75 Å². The number of rotatable bonds is 6. The molecule has 1 aliphatic rings. The molecular formula is C19H25ClN2O2. The van der Waals surface area contributed by atoms with Crippen molar-refractivity contribution in [3.05, 3.63) is 39.8 Å². The van der Waals surface area contributed by atoms with Crippen molar-refractivity contribution in [2.45, 2.75) is 57.6 Å². The van der Waals surface area contributed by atoms with Crippen molar-refractivity contribution >= 4 is 22.4 Å². The average molecular weight is 349 g/mol. The molecule has 0 atom stereocenters. The van der Waals surface area contributed by atoms with Crippen molar-refractivity contribution in [3.63, 3.8) is 0 Å². The number of aromatic amines is 1. The number of H-pyrrole nitrogens is 1. The Morgan fingerprint density at radius 1 is 1.29 bits per heavy atom. The summed E-state index contributed by atoms with van der Waals surface area (Å²) in [4.78, 5) is 14.5. The summed E-state index contributed by atoms with van der Waals surface area (Å²) in [6.07, 6.45) is 8.66. The minimum Gasteiger partial charge on any atom is -0.489 e. The number of hydrogen-bond acceptors (Lipinski definition) is 3. The molecule has 2 N–H and O–H groups in total. The maximum absolute atomic E-state index is 11.8. The molecular weight excluding hydrogens is 324 g/mol. The van der Waals surface area contributed by atoms with Crippen molar-refractivity contribution < 1.29 is 4.74 Å². The standard InChI is InChI=1S/C19H25ClN2O2/c1-2-3-9-21-14-4-6-15(7-5-14)24-18-11-13-8-10-22-19(23)16(13)12-17(18)20/h8,10-12,14-15,21H,2-7,9H2,1H3,(H,22,23). The summed E-state index contributed by atoms with van der Waals surface area (Å²) in [7, 11) is 0. The van der Waals surface area contributed by atoms with Crippen molar-refractivity contribution in [2.75, 3.05) is 6.54 Å². The van der Waals surface area contributed by atoms with Gasteiger partial charge < -0.3 is 15.0 Å². The smallest absolute Gasteiger partial charge is 0.255 e. The van der Waals surface area contributed by atoms with E-state index in [0.717, 1.165) is 37.6 Å². The maximum atomic E-state index is 11.8. The number of pyridine rings is 1. The Bertz CT molecular complexity index is 736. The predicted molar refractivity (Wildman–Crippen MR) is 99.2 cm³/mol. The van der Waals surface area contributed by atoms with Crippen LogP contribution in [-0.2, 0) is 0 Å². The van der Waals surface area contributed by atoms with Crippen molar-refractivity contribution in [1.82, 2.24) is 10.3 Å². The Labute approximate surface area is 147 Å². The number of benzene rings is 1. The highest BCUT2D eigenvalue weighted by atomic mass is 35.5. The van der Waals surface area contributed by atoms with E-state index in [4.69, 9.17) is 16.3 Å². The molecule has 0 aliphatic heterocycles. The van der Waals surface area contributed by atoms with Crippen LogP contribution in [0.4, 0.5) is 0 Å². The first-order chi connectivity index (χ1) is 11.7. The van der Waals surface area contributed by atoms with Gasteiger partial charge in [0.2, 0.25) is 0 Å². The van der Waals surface area contributed by atoms with Gasteiger partial charge in [-0.15, -0.1) is 0 Å². The number of unbranched alkanes of at least 4 members (excludes halogenated alkanes) is 1. The van der Waals surface area contributed by atoms with Crippen LogP contribution in [0, 0.1) is 0 Å². The van der Waals surface area contributed by atoms with Gasteiger partial charge in [0, 0.05) is 17.6 Å². The molecule has 24 heavy (non-hydrogen) atoms. The highest BCUT2D eigenvalue weighted by Gasteiger charge is 2.22. The second kappa shape index (κ2) is 8.04. The highest BCUT2D eigenvalue weighted by molar-refractivity contribution is 6.32. The molecule has 2 aromatic rings. The second-order valence-corrected chi connectivity index (χ2v) is 6.98. The van der Waals surface area contributed by atoms with Gasteiger partial charge in [-0.3, -0.25) is 4.79 Å². The molecule has 1 heterocycles. The van der Waals surface area contributed by atoms with E-state index in [0.29, 0.717) is 22.2 Å². The van der Waals surface area contributed by atoms with E-state index in [2.05, 4.69) is 17.2 Å². The van der Waals surface area contributed by atoms with Crippen LogP contribution in [0.15, 0.2) is 29.2 Å². The molecule has 1 fully saturated rings. The number of halogens is 1. The van der Waals surface area contributed by atoms with Gasteiger partial charge in [0.05, 0.1) is 11.1 Å². The topological polar surface area (TPSA) is 54.1 Å². The number of fused-ring (bicyclic) bond motifs is 1. The molecule has 5 heteroatoms. The van der Waals surface area contributed by atoms with Crippen LogP contribution in [0.2, 0.25) is 5.02 Å². The lowest BCUT2D eigenvalue weighted by atomic mass is 9.93. The predicted octanol–water partition coefficient (Wildman–Crippen LogP) is 4.26. The molecule has 0 amide bonds. The lowest BCUT2D eigenvalue weighted by molar-refractivity contribution is 0.140. The minimum absolute atomic E-state index is 0.125.